The fraction of sp³-hybridized carbons (Fsp3) is 0.0769. The Hall–Kier alpha value is -1.68. The van der Waals surface area contributed by atoms with Gasteiger partial charge in [0.1, 0.15) is 5.52 Å². The first-order chi connectivity index (χ1) is 8.34. The molecule has 0 aliphatic heterocycles. The quantitative estimate of drug-likeness (QED) is 0.724. The summed E-state index contributed by atoms with van der Waals surface area (Å²) in [6, 6.07) is 10.3. The van der Waals surface area contributed by atoms with Crippen molar-refractivity contribution in [3.05, 3.63) is 59.1 Å². The zero-order valence-corrected chi connectivity index (χ0v) is 10.6. The Morgan fingerprint density at radius 3 is 2.76 bits per heavy atom. The SMILES string of the molecule is Brc1cncc2ncn(Cc3ccccc3)c12. The Morgan fingerprint density at radius 1 is 1.12 bits per heavy atom. The van der Waals surface area contributed by atoms with Crippen molar-refractivity contribution in [2.24, 2.45) is 0 Å². The number of aromatic nitrogens is 3. The molecule has 0 aliphatic carbocycles. The molecule has 4 heteroatoms. The zero-order chi connectivity index (χ0) is 11.7. The predicted molar refractivity (Wildman–Crippen MR) is 70.8 cm³/mol. The Kier molecular flexibility index (Phi) is 2.65. The van der Waals surface area contributed by atoms with Gasteiger partial charge < -0.3 is 4.57 Å². The van der Waals surface area contributed by atoms with Gasteiger partial charge in [0.15, 0.2) is 0 Å². The van der Waals surface area contributed by atoms with Gasteiger partial charge in [0.2, 0.25) is 0 Å². The molecular weight excluding hydrogens is 278 g/mol. The highest BCUT2D eigenvalue weighted by Gasteiger charge is 2.06. The Bertz CT molecular complexity index is 646. The van der Waals surface area contributed by atoms with Gasteiger partial charge >= 0.3 is 0 Å². The van der Waals surface area contributed by atoms with Crippen LogP contribution in [0.25, 0.3) is 11.0 Å². The summed E-state index contributed by atoms with van der Waals surface area (Å²) in [5.41, 5.74) is 3.26. The molecule has 2 heterocycles. The van der Waals surface area contributed by atoms with E-state index in [2.05, 4.69) is 42.6 Å². The summed E-state index contributed by atoms with van der Waals surface area (Å²) < 4.78 is 3.10. The van der Waals surface area contributed by atoms with E-state index < -0.39 is 0 Å². The summed E-state index contributed by atoms with van der Waals surface area (Å²) in [6.45, 7) is 0.819. The first-order valence-corrected chi connectivity index (χ1v) is 6.12. The monoisotopic (exact) mass is 287 g/mol. The number of imidazole rings is 1. The third-order valence-electron chi connectivity index (χ3n) is 2.67. The summed E-state index contributed by atoms with van der Waals surface area (Å²) in [5, 5.41) is 0. The van der Waals surface area contributed by atoms with Crippen LogP contribution in [0, 0.1) is 0 Å². The normalized spacial score (nSPS) is 10.9. The molecule has 84 valence electrons. The van der Waals surface area contributed by atoms with E-state index in [0.717, 1.165) is 22.1 Å². The molecule has 0 radical (unpaired) electrons. The van der Waals surface area contributed by atoms with E-state index in [0.29, 0.717) is 0 Å². The second-order valence-electron chi connectivity index (χ2n) is 3.85. The minimum absolute atomic E-state index is 0.819. The number of hydrogen-bond donors (Lipinski definition) is 0. The van der Waals surface area contributed by atoms with Gasteiger partial charge in [0, 0.05) is 12.7 Å². The molecule has 3 rings (SSSR count). The second-order valence-corrected chi connectivity index (χ2v) is 4.70. The molecule has 0 saturated heterocycles. The molecule has 0 atom stereocenters. The fourth-order valence-corrected chi connectivity index (χ4v) is 2.44. The molecule has 0 unspecified atom stereocenters. The van der Waals surface area contributed by atoms with Crippen molar-refractivity contribution in [3.8, 4) is 0 Å². The summed E-state index contributed by atoms with van der Waals surface area (Å²) in [6.07, 6.45) is 5.43. The van der Waals surface area contributed by atoms with Crippen LogP contribution in [0.15, 0.2) is 53.5 Å². The lowest BCUT2D eigenvalue weighted by molar-refractivity contribution is 0.823. The largest absolute Gasteiger partial charge is 0.325 e. The smallest absolute Gasteiger partial charge is 0.108 e. The molecule has 0 amide bonds. The van der Waals surface area contributed by atoms with Crippen LogP contribution in [0.4, 0.5) is 0 Å². The van der Waals surface area contributed by atoms with E-state index >= 15 is 0 Å². The number of nitrogens with zero attached hydrogens (tertiary/aromatic N) is 3. The van der Waals surface area contributed by atoms with Crippen LogP contribution in [0.1, 0.15) is 5.56 Å². The lowest BCUT2D eigenvalue weighted by Crippen LogP contribution is -1.98. The topological polar surface area (TPSA) is 30.7 Å². The van der Waals surface area contributed by atoms with Gasteiger partial charge in [-0.25, -0.2) is 4.98 Å². The standard InChI is InChI=1S/C13H10BrN3/c14-11-6-15-7-12-13(11)17(9-16-12)8-10-4-2-1-3-5-10/h1-7,9H,8H2. The van der Waals surface area contributed by atoms with Crippen LogP contribution < -0.4 is 0 Å². The summed E-state index contributed by atoms with van der Waals surface area (Å²) in [5.74, 6) is 0. The van der Waals surface area contributed by atoms with Crippen LogP contribution >= 0.6 is 15.9 Å². The molecule has 3 aromatic rings. The van der Waals surface area contributed by atoms with Crippen molar-refractivity contribution in [1.29, 1.82) is 0 Å². The zero-order valence-electron chi connectivity index (χ0n) is 9.05. The minimum Gasteiger partial charge on any atom is -0.325 e. The lowest BCUT2D eigenvalue weighted by atomic mass is 10.2. The highest BCUT2D eigenvalue weighted by molar-refractivity contribution is 9.10. The third-order valence-corrected chi connectivity index (χ3v) is 3.25. The maximum absolute atomic E-state index is 4.35. The molecule has 0 aliphatic rings. The van der Waals surface area contributed by atoms with Crippen molar-refractivity contribution >= 4 is 27.0 Å². The first kappa shape index (κ1) is 10.5. The Labute approximate surface area is 107 Å². The minimum atomic E-state index is 0.819. The average molecular weight is 288 g/mol. The maximum Gasteiger partial charge on any atom is 0.108 e. The molecule has 0 N–H and O–H groups in total. The number of pyridine rings is 1. The summed E-state index contributed by atoms with van der Waals surface area (Å²) in [4.78, 5) is 8.46. The van der Waals surface area contributed by atoms with Gasteiger partial charge in [-0.1, -0.05) is 30.3 Å². The number of halogens is 1. The molecule has 0 fully saturated rings. The number of hydrogen-bond acceptors (Lipinski definition) is 2. The highest BCUT2D eigenvalue weighted by Crippen LogP contribution is 2.22. The van der Waals surface area contributed by atoms with E-state index in [1.807, 2.05) is 24.5 Å². The van der Waals surface area contributed by atoms with Crippen molar-refractivity contribution < 1.29 is 0 Å². The van der Waals surface area contributed by atoms with E-state index in [9.17, 15) is 0 Å². The maximum atomic E-state index is 4.35. The van der Waals surface area contributed by atoms with Crippen LogP contribution in [-0.4, -0.2) is 14.5 Å². The van der Waals surface area contributed by atoms with Gasteiger partial charge in [0.05, 0.1) is 22.5 Å². The van der Waals surface area contributed by atoms with Crippen LogP contribution in [-0.2, 0) is 6.54 Å². The van der Waals surface area contributed by atoms with Crippen molar-refractivity contribution in [1.82, 2.24) is 14.5 Å². The molecule has 2 aromatic heterocycles. The van der Waals surface area contributed by atoms with Gasteiger partial charge in [0.25, 0.3) is 0 Å². The molecular formula is C13H10BrN3. The summed E-state index contributed by atoms with van der Waals surface area (Å²) in [7, 11) is 0. The molecule has 0 bridgehead atoms. The van der Waals surface area contributed by atoms with Crippen molar-refractivity contribution in [2.45, 2.75) is 6.54 Å². The van der Waals surface area contributed by atoms with Crippen molar-refractivity contribution in [2.75, 3.05) is 0 Å². The van der Waals surface area contributed by atoms with Gasteiger partial charge in [-0.05, 0) is 21.5 Å². The van der Waals surface area contributed by atoms with E-state index in [4.69, 9.17) is 0 Å². The Balaban J connectivity index is 2.07. The second kappa shape index (κ2) is 4.30. The lowest BCUT2D eigenvalue weighted by Gasteiger charge is -2.05. The third kappa shape index (κ3) is 1.96. The number of benzene rings is 1. The van der Waals surface area contributed by atoms with E-state index in [1.54, 1.807) is 12.4 Å². The van der Waals surface area contributed by atoms with E-state index in [1.165, 1.54) is 5.56 Å². The van der Waals surface area contributed by atoms with Gasteiger partial charge in [-0.2, -0.15) is 0 Å². The first-order valence-electron chi connectivity index (χ1n) is 5.33. The molecule has 1 aromatic carbocycles. The summed E-state index contributed by atoms with van der Waals surface area (Å²) >= 11 is 3.52. The Morgan fingerprint density at radius 2 is 1.94 bits per heavy atom. The van der Waals surface area contributed by atoms with Crippen LogP contribution in [0.3, 0.4) is 0 Å². The number of fused-ring (bicyclic) bond motifs is 1. The van der Waals surface area contributed by atoms with Crippen LogP contribution in [0.5, 0.6) is 0 Å². The fourth-order valence-electron chi connectivity index (χ4n) is 1.89. The van der Waals surface area contributed by atoms with Gasteiger partial charge in [-0.15, -0.1) is 0 Å². The van der Waals surface area contributed by atoms with Crippen molar-refractivity contribution in [3.63, 3.8) is 0 Å². The highest BCUT2D eigenvalue weighted by atomic mass is 79.9. The van der Waals surface area contributed by atoms with Crippen LogP contribution in [0.2, 0.25) is 0 Å². The predicted octanol–water partition coefficient (Wildman–Crippen LogP) is 3.24. The molecule has 0 saturated carbocycles. The average Bonchev–Trinajstić information content (AvgIpc) is 2.75. The molecule has 0 spiro atoms. The van der Waals surface area contributed by atoms with Gasteiger partial charge in [-0.3, -0.25) is 4.98 Å². The molecule has 3 nitrogen and oxygen atoms in total. The number of rotatable bonds is 2. The van der Waals surface area contributed by atoms with E-state index in [-0.39, 0.29) is 0 Å². The molecule has 17 heavy (non-hydrogen) atoms.